The summed E-state index contributed by atoms with van der Waals surface area (Å²) in [5.41, 5.74) is 4.84. The molecule has 0 bridgehead atoms. The fraction of sp³-hybridized carbons (Fsp3) is 0.667. The van der Waals surface area contributed by atoms with Gasteiger partial charge < -0.3 is 10.8 Å². The van der Waals surface area contributed by atoms with E-state index in [1.165, 1.54) is 0 Å². The second kappa shape index (κ2) is 2.82. The largest absolute Gasteiger partial charge is 0.480 e. The Hall–Kier alpha value is -0.280. The molecule has 0 aliphatic rings. The van der Waals surface area contributed by atoms with Crippen LogP contribution < -0.4 is 5.73 Å². The van der Waals surface area contributed by atoms with Crippen molar-refractivity contribution in [3.05, 3.63) is 0 Å². The number of hydrogen-bond donors (Lipinski definition) is 2. The fourth-order valence-electron chi connectivity index (χ4n) is 0.0539. The van der Waals surface area contributed by atoms with Gasteiger partial charge in [0.05, 0.1) is 0 Å². The minimum atomic E-state index is -1.28. The van der Waals surface area contributed by atoms with Gasteiger partial charge in [-0.25, -0.2) is 0 Å². The third-order valence-corrected chi connectivity index (χ3v) is 0.692. The Balaban J connectivity index is 3.64. The molecule has 0 unspecified atom stereocenters. The normalized spacial score (nSPS) is 20.0. The van der Waals surface area contributed by atoms with Gasteiger partial charge in [-0.15, -0.1) is 11.6 Å². The number of halogens is 1. The molecule has 7 heavy (non-hydrogen) atoms. The fourth-order valence-corrected chi connectivity index (χ4v) is 0.162. The maximum Gasteiger partial charge on any atom is 0.321 e. The number of carboxylic acids is 1. The lowest BCUT2D eigenvalue weighted by Crippen LogP contribution is -2.31. The molecule has 0 spiro atoms. The molecule has 0 aromatic heterocycles. The van der Waals surface area contributed by atoms with Crippen molar-refractivity contribution in [3.8, 4) is 0 Å². The number of carboxylic acid groups (broad SMARTS) is 1. The summed E-state index contributed by atoms with van der Waals surface area (Å²) in [5.74, 6) is -2.51. The van der Waals surface area contributed by atoms with E-state index in [-0.39, 0.29) is 0 Å². The third kappa shape index (κ3) is 2.42. The standard InChI is InChI=1S/C3H6ClNO2/c4-1-2(5)3(6)7/h2H,1,5H2,(H,6,7)/t2-/m0/s1/i1D/t1-,2-. The number of nitrogens with two attached hydrogens (primary N) is 1. The highest BCUT2D eigenvalue weighted by Gasteiger charge is 2.07. The minimum absolute atomic E-state index is 1.25. The maximum atomic E-state index is 9.81. The highest BCUT2D eigenvalue weighted by Crippen LogP contribution is 1.80. The van der Waals surface area contributed by atoms with Crippen LogP contribution in [0, 0.1) is 0 Å². The molecule has 0 aliphatic carbocycles. The lowest BCUT2D eigenvalue weighted by molar-refractivity contribution is -0.137. The molecule has 0 saturated carbocycles. The number of carbonyl (C=O) groups is 1. The van der Waals surface area contributed by atoms with E-state index in [0.29, 0.717) is 0 Å². The molecule has 0 rings (SSSR count). The average Bonchev–Trinajstić information content (AvgIpc) is 1.64. The Morgan fingerprint density at radius 1 is 2.29 bits per heavy atom. The van der Waals surface area contributed by atoms with E-state index in [1.807, 2.05) is 0 Å². The van der Waals surface area contributed by atoms with Crippen molar-refractivity contribution in [2.45, 2.75) is 6.04 Å². The van der Waals surface area contributed by atoms with Gasteiger partial charge in [0.15, 0.2) is 0 Å². The summed E-state index contributed by atoms with van der Waals surface area (Å²) in [6.45, 7) is 0. The monoisotopic (exact) mass is 124 g/mol. The van der Waals surface area contributed by atoms with Gasteiger partial charge in [-0.05, 0) is 0 Å². The van der Waals surface area contributed by atoms with Crippen molar-refractivity contribution in [1.82, 2.24) is 0 Å². The molecule has 2 atom stereocenters. The number of alkyl halides is 1. The van der Waals surface area contributed by atoms with Crippen molar-refractivity contribution in [2.75, 3.05) is 5.86 Å². The molecule has 0 aromatic rings. The first kappa shape index (κ1) is 4.87. The van der Waals surface area contributed by atoms with Crippen LogP contribution in [0.1, 0.15) is 1.37 Å². The lowest BCUT2D eigenvalue weighted by Gasteiger charge is -1.95. The molecular formula is C3H6ClNO2. The molecule has 3 N–H and O–H groups in total. The number of aliphatic carboxylic acids is 1. The summed E-state index contributed by atoms with van der Waals surface area (Å²) in [6, 6.07) is -1.28. The van der Waals surface area contributed by atoms with Crippen molar-refractivity contribution in [3.63, 3.8) is 0 Å². The first-order chi connectivity index (χ1) is 3.55. The lowest BCUT2D eigenvalue weighted by atomic mass is 10.4. The SMILES string of the molecule is [2H][C@H](Cl)[C@H](N)C(=O)O. The van der Waals surface area contributed by atoms with E-state index >= 15 is 0 Å². The van der Waals surface area contributed by atoms with Crippen molar-refractivity contribution >= 4 is 17.6 Å². The van der Waals surface area contributed by atoms with Crippen molar-refractivity contribution in [2.24, 2.45) is 5.73 Å². The topological polar surface area (TPSA) is 63.3 Å². The smallest absolute Gasteiger partial charge is 0.321 e. The van der Waals surface area contributed by atoms with Gasteiger partial charge in [-0.1, -0.05) is 0 Å². The highest BCUT2D eigenvalue weighted by molar-refractivity contribution is 6.19. The van der Waals surface area contributed by atoms with Crippen molar-refractivity contribution in [1.29, 1.82) is 0 Å². The molecule has 0 fully saturated rings. The average molecular weight is 125 g/mol. The van der Waals surface area contributed by atoms with Gasteiger partial charge in [0.1, 0.15) is 6.04 Å². The zero-order valence-corrected chi connectivity index (χ0v) is 4.22. The first-order valence-electron chi connectivity index (χ1n) is 2.18. The molecule has 0 amide bonds. The van der Waals surface area contributed by atoms with Gasteiger partial charge in [-0.2, -0.15) is 0 Å². The molecule has 0 heterocycles. The maximum absolute atomic E-state index is 9.81. The van der Waals surface area contributed by atoms with E-state index in [9.17, 15) is 4.79 Å². The summed E-state index contributed by atoms with van der Waals surface area (Å²) in [6.07, 6.45) is 0. The van der Waals surface area contributed by atoms with Crippen LogP contribution in [0.15, 0.2) is 0 Å². The molecule has 4 heteroatoms. The third-order valence-electron chi connectivity index (χ3n) is 0.421. The summed E-state index contributed by atoms with van der Waals surface area (Å²) in [4.78, 5) is 9.81. The van der Waals surface area contributed by atoms with Gasteiger partial charge in [0, 0.05) is 7.23 Å². The summed E-state index contributed by atoms with van der Waals surface area (Å²) < 4.78 is 6.57. The number of rotatable bonds is 2. The summed E-state index contributed by atoms with van der Waals surface area (Å²) in [5, 5.41) is 8.02. The Kier molecular flexibility index (Phi) is 1.96. The minimum Gasteiger partial charge on any atom is -0.480 e. The van der Waals surface area contributed by atoms with Gasteiger partial charge >= 0.3 is 5.97 Å². The second-order valence-electron chi connectivity index (χ2n) is 0.990. The van der Waals surface area contributed by atoms with Crippen LogP contribution >= 0.6 is 11.6 Å². The van der Waals surface area contributed by atoms with E-state index in [2.05, 4.69) is 0 Å². The molecule has 0 radical (unpaired) electrons. The van der Waals surface area contributed by atoms with Gasteiger partial charge in [0.25, 0.3) is 0 Å². The Bertz CT molecular complexity index is 97.3. The highest BCUT2D eigenvalue weighted by atomic mass is 35.5. The summed E-state index contributed by atoms with van der Waals surface area (Å²) in [7, 11) is 0. The number of hydrogen-bond acceptors (Lipinski definition) is 2. The quantitative estimate of drug-likeness (QED) is 0.494. The molecular weight excluding hydrogens is 117 g/mol. The summed E-state index contributed by atoms with van der Waals surface area (Å²) >= 11 is 4.98. The van der Waals surface area contributed by atoms with E-state index in [4.69, 9.17) is 23.8 Å². The van der Waals surface area contributed by atoms with Gasteiger partial charge in [-0.3, -0.25) is 4.79 Å². The second-order valence-corrected chi connectivity index (χ2v) is 1.24. The van der Waals surface area contributed by atoms with E-state index < -0.39 is 17.9 Å². The Morgan fingerprint density at radius 2 is 2.71 bits per heavy atom. The van der Waals surface area contributed by atoms with Gasteiger partial charge in [0.2, 0.25) is 0 Å². The zero-order chi connectivity index (χ0) is 6.73. The van der Waals surface area contributed by atoms with Crippen LogP contribution in [0.4, 0.5) is 0 Å². The van der Waals surface area contributed by atoms with Crippen LogP contribution in [0.25, 0.3) is 0 Å². The van der Waals surface area contributed by atoms with E-state index in [1.54, 1.807) is 0 Å². The van der Waals surface area contributed by atoms with Crippen LogP contribution in [-0.4, -0.2) is 23.0 Å². The predicted molar refractivity (Wildman–Crippen MR) is 26.3 cm³/mol. The first-order valence-corrected chi connectivity index (χ1v) is 2.04. The van der Waals surface area contributed by atoms with E-state index in [0.717, 1.165) is 0 Å². The molecule has 0 aliphatic heterocycles. The Labute approximate surface area is 47.5 Å². The van der Waals surface area contributed by atoms with Crippen LogP contribution in [0.5, 0.6) is 0 Å². The van der Waals surface area contributed by atoms with Crippen LogP contribution in [0.2, 0.25) is 0 Å². The van der Waals surface area contributed by atoms with Crippen LogP contribution in [-0.2, 0) is 4.79 Å². The molecule has 0 aromatic carbocycles. The molecule has 3 nitrogen and oxygen atoms in total. The predicted octanol–water partition coefficient (Wildman–Crippen LogP) is -0.363. The van der Waals surface area contributed by atoms with Crippen LogP contribution in [0.3, 0.4) is 0 Å². The molecule has 42 valence electrons. The Morgan fingerprint density at radius 3 is 2.71 bits per heavy atom. The van der Waals surface area contributed by atoms with Crippen molar-refractivity contribution < 1.29 is 11.3 Å². The molecule has 0 saturated heterocycles. The zero-order valence-electron chi connectivity index (χ0n) is 4.47.